The Kier molecular flexibility index (Phi) is 6.54. The highest BCUT2D eigenvalue weighted by atomic mass is 16.5. The number of fused-ring (bicyclic) bond motifs is 1. The van der Waals surface area contributed by atoms with Gasteiger partial charge in [0.2, 0.25) is 0 Å². The van der Waals surface area contributed by atoms with Crippen molar-refractivity contribution >= 4 is 17.8 Å². The van der Waals surface area contributed by atoms with E-state index in [-0.39, 0.29) is 18.3 Å². The molecule has 1 amide bonds. The first-order chi connectivity index (χ1) is 14.0. The number of benzene rings is 2. The number of rotatable bonds is 7. The summed E-state index contributed by atoms with van der Waals surface area (Å²) in [6, 6.07) is 11.0. The van der Waals surface area contributed by atoms with Gasteiger partial charge >= 0.3 is 0 Å². The van der Waals surface area contributed by atoms with E-state index in [1.807, 2.05) is 37.3 Å². The molecule has 0 radical (unpaired) electrons. The van der Waals surface area contributed by atoms with Crippen molar-refractivity contribution in [2.75, 3.05) is 27.4 Å². The zero-order valence-electron chi connectivity index (χ0n) is 16.9. The van der Waals surface area contributed by atoms with Crippen molar-refractivity contribution in [1.29, 1.82) is 0 Å². The number of carbonyl (C=O) groups excluding carboxylic acids is 2. The second kappa shape index (κ2) is 9.28. The van der Waals surface area contributed by atoms with Gasteiger partial charge in [0.25, 0.3) is 5.91 Å². The van der Waals surface area contributed by atoms with Crippen LogP contribution in [0.5, 0.6) is 17.2 Å². The van der Waals surface area contributed by atoms with Crippen molar-refractivity contribution in [2.24, 2.45) is 0 Å². The fourth-order valence-electron chi connectivity index (χ4n) is 3.30. The summed E-state index contributed by atoms with van der Waals surface area (Å²) in [7, 11) is 3.16. The summed E-state index contributed by atoms with van der Waals surface area (Å²) in [5.41, 5.74) is 3.32. The first-order valence-corrected chi connectivity index (χ1v) is 9.55. The van der Waals surface area contributed by atoms with E-state index in [0.717, 1.165) is 34.4 Å². The number of Topliss-reactive ketones (excluding diaryl/α,β-unsaturated/α-hetero) is 1. The minimum absolute atomic E-state index is 0.0319. The summed E-state index contributed by atoms with van der Waals surface area (Å²) in [6.45, 7) is 2.32. The standard InChI is InChI=1S/C23H25NO5/c1-4-24-22(25)14-29-20-10-5-15(12-21(20)28-3)11-17-7-6-16-13-18(27-2)8-9-19(16)23(17)26/h5,8-13H,4,6-7,14H2,1-3H3,(H,24,25)/b17-11+. The van der Waals surface area contributed by atoms with Gasteiger partial charge in [0.05, 0.1) is 14.2 Å². The summed E-state index contributed by atoms with van der Waals surface area (Å²) in [4.78, 5) is 24.5. The van der Waals surface area contributed by atoms with E-state index in [2.05, 4.69) is 5.32 Å². The van der Waals surface area contributed by atoms with Crippen LogP contribution in [-0.2, 0) is 11.2 Å². The topological polar surface area (TPSA) is 73.9 Å². The zero-order valence-corrected chi connectivity index (χ0v) is 16.9. The molecule has 0 spiro atoms. The monoisotopic (exact) mass is 395 g/mol. The van der Waals surface area contributed by atoms with E-state index < -0.39 is 0 Å². The molecule has 0 bridgehead atoms. The van der Waals surface area contributed by atoms with Crippen molar-refractivity contribution in [3.63, 3.8) is 0 Å². The van der Waals surface area contributed by atoms with E-state index >= 15 is 0 Å². The van der Waals surface area contributed by atoms with Gasteiger partial charge in [-0.05, 0) is 67.3 Å². The Hall–Kier alpha value is -3.28. The minimum atomic E-state index is -0.191. The maximum Gasteiger partial charge on any atom is 0.257 e. The Labute approximate surface area is 170 Å². The van der Waals surface area contributed by atoms with Crippen LogP contribution in [-0.4, -0.2) is 39.1 Å². The van der Waals surface area contributed by atoms with E-state index in [1.165, 1.54) is 0 Å². The molecule has 0 aliphatic heterocycles. The smallest absolute Gasteiger partial charge is 0.257 e. The summed E-state index contributed by atoms with van der Waals surface area (Å²) < 4.78 is 16.2. The van der Waals surface area contributed by atoms with Gasteiger partial charge in [0.15, 0.2) is 23.9 Å². The highest BCUT2D eigenvalue weighted by Gasteiger charge is 2.22. The molecular weight excluding hydrogens is 370 g/mol. The van der Waals surface area contributed by atoms with Crippen LogP contribution in [0.2, 0.25) is 0 Å². The van der Waals surface area contributed by atoms with Crippen LogP contribution < -0.4 is 19.5 Å². The third-order valence-electron chi connectivity index (χ3n) is 4.77. The van der Waals surface area contributed by atoms with Crippen molar-refractivity contribution in [1.82, 2.24) is 5.32 Å². The molecule has 152 valence electrons. The van der Waals surface area contributed by atoms with Crippen LogP contribution in [0.25, 0.3) is 6.08 Å². The van der Waals surface area contributed by atoms with E-state index in [4.69, 9.17) is 14.2 Å². The maximum atomic E-state index is 12.9. The molecule has 1 aliphatic rings. The van der Waals surface area contributed by atoms with Gasteiger partial charge in [0, 0.05) is 17.7 Å². The van der Waals surface area contributed by atoms with Crippen molar-refractivity contribution in [3.8, 4) is 17.2 Å². The number of hydrogen-bond donors (Lipinski definition) is 1. The Morgan fingerprint density at radius 2 is 1.90 bits per heavy atom. The molecule has 0 unspecified atom stereocenters. The minimum Gasteiger partial charge on any atom is -0.497 e. The molecule has 0 saturated heterocycles. The molecule has 0 heterocycles. The van der Waals surface area contributed by atoms with Gasteiger partial charge < -0.3 is 19.5 Å². The summed E-state index contributed by atoms with van der Waals surface area (Å²) >= 11 is 0. The number of methoxy groups -OCH3 is 2. The number of carbonyl (C=O) groups is 2. The van der Waals surface area contributed by atoms with Gasteiger partial charge in [0.1, 0.15) is 5.75 Å². The molecule has 0 fully saturated rings. The molecule has 0 saturated carbocycles. The average molecular weight is 395 g/mol. The average Bonchev–Trinajstić information content (AvgIpc) is 2.74. The normalized spacial score (nSPS) is 14.3. The number of hydrogen-bond acceptors (Lipinski definition) is 5. The van der Waals surface area contributed by atoms with Gasteiger partial charge in [-0.2, -0.15) is 0 Å². The number of allylic oxidation sites excluding steroid dienone is 1. The van der Waals surface area contributed by atoms with E-state index in [0.29, 0.717) is 24.5 Å². The molecule has 6 nitrogen and oxygen atoms in total. The fraction of sp³-hybridized carbons (Fsp3) is 0.304. The second-order valence-corrected chi connectivity index (χ2v) is 6.67. The third-order valence-corrected chi connectivity index (χ3v) is 4.77. The second-order valence-electron chi connectivity index (χ2n) is 6.67. The van der Waals surface area contributed by atoms with Crippen molar-refractivity contribution in [2.45, 2.75) is 19.8 Å². The van der Waals surface area contributed by atoms with Gasteiger partial charge in [-0.25, -0.2) is 0 Å². The number of aryl methyl sites for hydroxylation is 1. The molecule has 1 aliphatic carbocycles. The first-order valence-electron chi connectivity index (χ1n) is 9.55. The van der Waals surface area contributed by atoms with Gasteiger partial charge in [-0.3, -0.25) is 9.59 Å². The highest BCUT2D eigenvalue weighted by molar-refractivity contribution is 6.13. The number of likely N-dealkylation sites (N-methyl/N-ethyl adjacent to an activating group) is 1. The summed E-state index contributed by atoms with van der Waals surface area (Å²) in [6.07, 6.45) is 3.33. The lowest BCUT2D eigenvalue weighted by Gasteiger charge is -2.18. The number of amides is 1. The lowest BCUT2D eigenvalue weighted by molar-refractivity contribution is -0.123. The van der Waals surface area contributed by atoms with E-state index in [9.17, 15) is 9.59 Å². The molecule has 1 N–H and O–H groups in total. The first kappa shape index (κ1) is 20.5. The van der Waals surface area contributed by atoms with Gasteiger partial charge in [-0.1, -0.05) is 6.07 Å². The Morgan fingerprint density at radius 1 is 1.07 bits per heavy atom. The Bertz CT molecular complexity index is 948. The largest absolute Gasteiger partial charge is 0.497 e. The molecular formula is C23H25NO5. The molecule has 6 heteroatoms. The van der Waals surface area contributed by atoms with Crippen molar-refractivity contribution < 1.29 is 23.8 Å². The van der Waals surface area contributed by atoms with Crippen LogP contribution in [0.3, 0.4) is 0 Å². The molecule has 0 aromatic heterocycles. The molecule has 2 aromatic carbocycles. The van der Waals surface area contributed by atoms with Crippen LogP contribution >= 0.6 is 0 Å². The lowest BCUT2D eigenvalue weighted by atomic mass is 9.86. The fourth-order valence-corrected chi connectivity index (χ4v) is 3.30. The predicted molar refractivity (Wildman–Crippen MR) is 111 cm³/mol. The number of ketones is 1. The Balaban J connectivity index is 1.79. The quantitative estimate of drug-likeness (QED) is 0.727. The Morgan fingerprint density at radius 3 is 2.62 bits per heavy atom. The highest BCUT2D eigenvalue weighted by Crippen LogP contribution is 2.32. The molecule has 3 rings (SSSR count). The van der Waals surface area contributed by atoms with Gasteiger partial charge in [-0.15, -0.1) is 0 Å². The summed E-state index contributed by atoms with van der Waals surface area (Å²) in [5.74, 6) is 1.59. The molecule has 2 aromatic rings. The number of ether oxygens (including phenoxy) is 3. The summed E-state index contributed by atoms with van der Waals surface area (Å²) in [5, 5.41) is 2.68. The van der Waals surface area contributed by atoms with Crippen LogP contribution in [0.4, 0.5) is 0 Å². The maximum absolute atomic E-state index is 12.9. The molecule has 29 heavy (non-hydrogen) atoms. The molecule has 0 atom stereocenters. The third kappa shape index (κ3) is 4.77. The van der Waals surface area contributed by atoms with Crippen LogP contribution in [0.1, 0.15) is 34.8 Å². The van der Waals surface area contributed by atoms with Crippen molar-refractivity contribution in [3.05, 3.63) is 58.7 Å². The lowest BCUT2D eigenvalue weighted by Crippen LogP contribution is -2.28. The van der Waals surface area contributed by atoms with Crippen LogP contribution in [0.15, 0.2) is 42.0 Å². The van der Waals surface area contributed by atoms with E-state index in [1.54, 1.807) is 26.4 Å². The van der Waals surface area contributed by atoms with Crippen LogP contribution in [0, 0.1) is 0 Å². The zero-order chi connectivity index (χ0) is 20.8. The predicted octanol–water partition coefficient (Wildman–Crippen LogP) is 3.43. The SMILES string of the molecule is CCNC(=O)COc1ccc(/C=C2\CCc3cc(OC)ccc3C2=O)cc1OC. The number of nitrogens with one attached hydrogen (secondary N) is 1.